The summed E-state index contributed by atoms with van der Waals surface area (Å²) >= 11 is 24.3. The van der Waals surface area contributed by atoms with Crippen molar-refractivity contribution >= 4 is 46.4 Å². The summed E-state index contributed by atoms with van der Waals surface area (Å²) in [5.41, 5.74) is 0.807. The zero-order valence-electron chi connectivity index (χ0n) is 9.44. The van der Waals surface area contributed by atoms with Crippen LogP contribution in [0, 0.1) is 5.92 Å². The van der Waals surface area contributed by atoms with Gasteiger partial charge in [-0.1, -0.05) is 53.3 Å². The molecular formula is C12H12Cl4O. The van der Waals surface area contributed by atoms with Gasteiger partial charge in [-0.2, -0.15) is 0 Å². The van der Waals surface area contributed by atoms with E-state index in [1.165, 1.54) is 0 Å². The summed E-state index contributed by atoms with van der Waals surface area (Å²) in [7, 11) is 0. The molecule has 0 amide bonds. The van der Waals surface area contributed by atoms with E-state index in [0.29, 0.717) is 38.5 Å². The van der Waals surface area contributed by atoms with Crippen molar-refractivity contribution in [2.24, 2.45) is 5.92 Å². The maximum atomic E-state index is 6.16. The predicted molar refractivity (Wildman–Crippen MR) is 73.7 cm³/mol. The van der Waals surface area contributed by atoms with Gasteiger partial charge in [-0.15, -0.1) is 0 Å². The van der Waals surface area contributed by atoms with Gasteiger partial charge in [0, 0.05) is 0 Å². The fraction of sp³-hybridized carbons (Fsp3) is 0.500. The Bertz CT molecular complexity index is 420. The minimum Gasteiger partial charge on any atom is -0.370 e. The van der Waals surface area contributed by atoms with E-state index in [1.807, 2.05) is 0 Å². The normalized spacial score (nSPS) is 24.8. The summed E-state index contributed by atoms with van der Waals surface area (Å²) in [6.45, 7) is 4.16. The standard InChI is InChI=1S/C12H12Cl4O/c1-5(12-6(2)17-12)3-7-10(15)8(13)4-9(14)11(7)16/h4-6,12H,3H2,1-2H3. The topological polar surface area (TPSA) is 12.5 Å². The molecule has 1 heterocycles. The highest BCUT2D eigenvalue weighted by molar-refractivity contribution is 6.48. The van der Waals surface area contributed by atoms with E-state index in [1.54, 1.807) is 6.07 Å². The van der Waals surface area contributed by atoms with Crippen LogP contribution in [0.3, 0.4) is 0 Å². The highest BCUT2D eigenvalue weighted by Crippen LogP contribution is 2.40. The van der Waals surface area contributed by atoms with Gasteiger partial charge in [0.25, 0.3) is 0 Å². The van der Waals surface area contributed by atoms with Crippen molar-refractivity contribution in [3.63, 3.8) is 0 Å². The van der Waals surface area contributed by atoms with Crippen LogP contribution >= 0.6 is 46.4 Å². The van der Waals surface area contributed by atoms with E-state index in [2.05, 4.69) is 13.8 Å². The fourth-order valence-electron chi connectivity index (χ4n) is 2.04. The highest BCUT2D eigenvalue weighted by atomic mass is 35.5. The minimum atomic E-state index is 0.278. The molecule has 1 aliphatic heterocycles. The molecule has 0 N–H and O–H groups in total. The van der Waals surface area contributed by atoms with Crippen LogP contribution in [-0.4, -0.2) is 12.2 Å². The minimum absolute atomic E-state index is 0.278. The molecule has 0 aliphatic carbocycles. The van der Waals surface area contributed by atoms with E-state index in [4.69, 9.17) is 51.1 Å². The first-order valence-electron chi connectivity index (χ1n) is 5.39. The third kappa shape index (κ3) is 2.85. The summed E-state index contributed by atoms with van der Waals surface area (Å²) in [4.78, 5) is 0. The van der Waals surface area contributed by atoms with Gasteiger partial charge in [0.15, 0.2) is 0 Å². The van der Waals surface area contributed by atoms with Gasteiger partial charge in [-0.3, -0.25) is 0 Å². The van der Waals surface area contributed by atoms with Crippen molar-refractivity contribution in [1.82, 2.24) is 0 Å². The van der Waals surface area contributed by atoms with Crippen LogP contribution in [0.15, 0.2) is 6.07 Å². The number of halogens is 4. The van der Waals surface area contributed by atoms with Crippen LogP contribution in [0.2, 0.25) is 20.1 Å². The Balaban J connectivity index is 2.25. The van der Waals surface area contributed by atoms with Crippen LogP contribution in [-0.2, 0) is 11.2 Å². The van der Waals surface area contributed by atoms with Crippen molar-refractivity contribution in [1.29, 1.82) is 0 Å². The predicted octanol–water partition coefficient (Wildman–Crippen LogP) is 5.27. The number of ether oxygens (including phenoxy) is 1. The zero-order chi connectivity index (χ0) is 12.7. The third-order valence-corrected chi connectivity index (χ3v) is 4.70. The molecule has 1 saturated heterocycles. The molecule has 3 atom stereocenters. The van der Waals surface area contributed by atoms with E-state index in [-0.39, 0.29) is 6.10 Å². The summed E-state index contributed by atoms with van der Waals surface area (Å²) in [6, 6.07) is 1.57. The average Bonchev–Trinajstić information content (AvgIpc) is 2.99. The summed E-state index contributed by atoms with van der Waals surface area (Å²) in [5.74, 6) is 0.342. The van der Waals surface area contributed by atoms with Crippen LogP contribution in [0.1, 0.15) is 19.4 Å². The number of hydrogen-bond donors (Lipinski definition) is 0. The molecule has 0 bridgehead atoms. The lowest BCUT2D eigenvalue weighted by Gasteiger charge is -2.14. The number of epoxide rings is 1. The van der Waals surface area contributed by atoms with Crippen molar-refractivity contribution in [2.75, 3.05) is 0 Å². The van der Waals surface area contributed by atoms with Gasteiger partial charge in [0.1, 0.15) is 0 Å². The van der Waals surface area contributed by atoms with Crippen LogP contribution in [0.25, 0.3) is 0 Å². The van der Waals surface area contributed by atoms with Crippen molar-refractivity contribution in [3.8, 4) is 0 Å². The van der Waals surface area contributed by atoms with Gasteiger partial charge in [0.05, 0.1) is 32.3 Å². The molecule has 1 aromatic carbocycles. The number of rotatable bonds is 3. The summed E-state index contributed by atoms with van der Waals surface area (Å²) in [6.07, 6.45) is 1.31. The largest absolute Gasteiger partial charge is 0.370 e. The fourth-order valence-corrected chi connectivity index (χ4v) is 3.04. The maximum absolute atomic E-state index is 6.16. The SMILES string of the molecule is CC(Cc1c(Cl)c(Cl)cc(Cl)c1Cl)C1OC1C. The van der Waals surface area contributed by atoms with E-state index in [9.17, 15) is 0 Å². The second-order valence-electron chi connectivity index (χ2n) is 4.43. The van der Waals surface area contributed by atoms with E-state index in [0.717, 1.165) is 5.56 Å². The monoisotopic (exact) mass is 312 g/mol. The van der Waals surface area contributed by atoms with Gasteiger partial charge in [-0.05, 0) is 30.9 Å². The van der Waals surface area contributed by atoms with Gasteiger partial charge in [-0.25, -0.2) is 0 Å². The summed E-state index contributed by atoms with van der Waals surface area (Å²) in [5, 5.41) is 1.85. The molecule has 94 valence electrons. The first kappa shape index (κ1) is 13.8. The molecule has 1 nitrogen and oxygen atoms in total. The molecule has 0 spiro atoms. The Morgan fingerprint density at radius 1 is 1.18 bits per heavy atom. The third-order valence-electron chi connectivity index (χ3n) is 3.05. The molecule has 5 heteroatoms. The molecule has 3 unspecified atom stereocenters. The Labute approximate surface area is 121 Å². The second-order valence-corrected chi connectivity index (χ2v) is 6.00. The van der Waals surface area contributed by atoms with Gasteiger partial charge < -0.3 is 4.74 Å². The van der Waals surface area contributed by atoms with Gasteiger partial charge in [0.2, 0.25) is 0 Å². The smallest absolute Gasteiger partial charge is 0.0867 e. The molecular weight excluding hydrogens is 302 g/mol. The van der Waals surface area contributed by atoms with E-state index >= 15 is 0 Å². The molecule has 1 aromatic rings. The van der Waals surface area contributed by atoms with Crippen molar-refractivity contribution in [3.05, 3.63) is 31.7 Å². The van der Waals surface area contributed by atoms with Crippen molar-refractivity contribution in [2.45, 2.75) is 32.5 Å². The maximum Gasteiger partial charge on any atom is 0.0867 e. The first-order valence-corrected chi connectivity index (χ1v) is 6.90. The molecule has 0 aromatic heterocycles. The lowest BCUT2D eigenvalue weighted by Crippen LogP contribution is -2.10. The number of benzene rings is 1. The van der Waals surface area contributed by atoms with E-state index < -0.39 is 0 Å². The molecule has 17 heavy (non-hydrogen) atoms. The van der Waals surface area contributed by atoms with Crippen LogP contribution < -0.4 is 0 Å². The summed E-state index contributed by atoms with van der Waals surface area (Å²) < 4.78 is 5.44. The Morgan fingerprint density at radius 3 is 2.06 bits per heavy atom. The number of hydrogen-bond acceptors (Lipinski definition) is 1. The molecule has 1 aliphatic rings. The molecule has 2 rings (SSSR count). The quantitative estimate of drug-likeness (QED) is 0.547. The lowest BCUT2D eigenvalue weighted by atomic mass is 9.96. The Morgan fingerprint density at radius 2 is 1.65 bits per heavy atom. The molecule has 0 radical (unpaired) electrons. The second kappa shape index (κ2) is 5.14. The van der Waals surface area contributed by atoms with Crippen molar-refractivity contribution < 1.29 is 4.74 Å². The Kier molecular flexibility index (Phi) is 4.16. The Hall–Kier alpha value is 0.340. The first-order chi connectivity index (χ1) is 7.91. The zero-order valence-corrected chi connectivity index (χ0v) is 12.5. The highest BCUT2D eigenvalue weighted by Gasteiger charge is 2.39. The van der Waals surface area contributed by atoms with Gasteiger partial charge >= 0.3 is 0 Å². The average molecular weight is 314 g/mol. The van der Waals surface area contributed by atoms with Crippen LogP contribution in [0.5, 0.6) is 0 Å². The van der Waals surface area contributed by atoms with Crippen LogP contribution in [0.4, 0.5) is 0 Å². The lowest BCUT2D eigenvalue weighted by molar-refractivity contribution is 0.328. The molecule has 0 saturated carbocycles. The molecule has 1 fully saturated rings.